The highest BCUT2D eigenvalue weighted by Gasteiger charge is 2.11. The van der Waals surface area contributed by atoms with Gasteiger partial charge in [0.2, 0.25) is 0 Å². The summed E-state index contributed by atoms with van der Waals surface area (Å²) in [5, 5.41) is 0. The van der Waals surface area contributed by atoms with Crippen LogP contribution in [0.15, 0.2) is 0 Å². The van der Waals surface area contributed by atoms with E-state index in [9.17, 15) is 0 Å². The fourth-order valence-electron chi connectivity index (χ4n) is 0.824. The number of hydrogen-bond acceptors (Lipinski definition) is 2. The first-order valence-corrected chi connectivity index (χ1v) is 3.49. The monoisotopic (exact) mass is 131 g/mol. The fourth-order valence-corrected chi connectivity index (χ4v) is 0.824. The Morgan fingerprint density at radius 1 is 1.56 bits per heavy atom. The van der Waals surface area contributed by atoms with E-state index in [1.54, 1.807) is 7.11 Å². The van der Waals surface area contributed by atoms with Crippen LogP contribution < -0.4 is 5.73 Å². The van der Waals surface area contributed by atoms with Crippen LogP contribution in [0.1, 0.15) is 20.3 Å². The predicted octanol–water partition coefficient (Wildman–Crippen LogP) is 1.01. The Balaban J connectivity index is 3.50. The fraction of sp³-hybridized carbons (Fsp3) is 1.00. The molecule has 0 aliphatic rings. The summed E-state index contributed by atoms with van der Waals surface area (Å²) in [7, 11) is 1.71. The molecule has 0 spiro atoms. The topological polar surface area (TPSA) is 35.2 Å². The Bertz CT molecular complexity index is 61.9. The zero-order valence-electron chi connectivity index (χ0n) is 6.55. The summed E-state index contributed by atoms with van der Waals surface area (Å²) in [6, 6.07) is 0. The Morgan fingerprint density at radius 3 is 2.22 bits per heavy atom. The first-order valence-electron chi connectivity index (χ1n) is 3.49. The van der Waals surface area contributed by atoms with E-state index in [1.807, 2.05) is 0 Å². The number of hydrogen-bond donors (Lipinski definition) is 1. The smallest absolute Gasteiger partial charge is 0.0718 e. The summed E-state index contributed by atoms with van der Waals surface area (Å²) in [4.78, 5) is 0. The molecule has 0 aromatic rings. The molecular formula is C7H17NO. The van der Waals surface area contributed by atoms with E-state index in [-0.39, 0.29) is 6.10 Å². The van der Waals surface area contributed by atoms with Gasteiger partial charge in [0.05, 0.1) is 6.10 Å². The van der Waals surface area contributed by atoms with Gasteiger partial charge in [-0.1, -0.05) is 20.3 Å². The van der Waals surface area contributed by atoms with Gasteiger partial charge in [0.25, 0.3) is 0 Å². The molecule has 0 rings (SSSR count). The molecule has 0 amide bonds. The average molecular weight is 131 g/mol. The maximum atomic E-state index is 5.43. The third-order valence-corrected chi connectivity index (χ3v) is 1.81. The molecule has 0 aliphatic carbocycles. The van der Waals surface area contributed by atoms with E-state index >= 15 is 0 Å². The largest absolute Gasteiger partial charge is 0.380 e. The van der Waals surface area contributed by atoms with E-state index in [4.69, 9.17) is 10.5 Å². The van der Waals surface area contributed by atoms with E-state index in [0.29, 0.717) is 12.5 Å². The van der Waals surface area contributed by atoms with E-state index in [1.165, 1.54) is 0 Å². The zero-order valence-corrected chi connectivity index (χ0v) is 6.55. The van der Waals surface area contributed by atoms with Gasteiger partial charge in [-0.25, -0.2) is 0 Å². The van der Waals surface area contributed by atoms with Crippen molar-refractivity contribution in [2.45, 2.75) is 26.4 Å². The summed E-state index contributed by atoms with van der Waals surface area (Å²) in [5.41, 5.74) is 5.43. The molecule has 0 aromatic heterocycles. The zero-order chi connectivity index (χ0) is 7.28. The lowest BCUT2D eigenvalue weighted by molar-refractivity contribution is 0.0641. The van der Waals surface area contributed by atoms with E-state index in [2.05, 4.69) is 13.8 Å². The van der Waals surface area contributed by atoms with Gasteiger partial charge in [0.1, 0.15) is 0 Å². The van der Waals surface area contributed by atoms with Gasteiger partial charge >= 0.3 is 0 Å². The first-order chi connectivity index (χ1) is 4.26. The van der Waals surface area contributed by atoms with Crippen LogP contribution in [-0.2, 0) is 4.74 Å². The van der Waals surface area contributed by atoms with Crippen LogP contribution in [0.2, 0.25) is 0 Å². The molecule has 0 aliphatic heterocycles. The molecular weight excluding hydrogens is 114 g/mol. The number of ether oxygens (including phenoxy) is 1. The average Bonchev–Trinajstić information content (AvgIpc) is 1.90. The second-order valence-electron chi connectivity index (χ2n) is 2.40. The molecule has 2 unspecified atom stereocenters. The van der Waals surface area contributed by atoms with Crippen LogP contribution in [0.3, 0.4) is 0 Å². The third kappa shape index (κ3) is 2.82. The van der Waals surface area contributed by atoms with Crippen molar-refractivity contribution in [2.24, 2.45) is 11.7 Å². The highest BCUT2D eigenvalue weighted by Crippen LogP contribution is 2.08. The van der Waals surface area contributed by atoms with Crippen molar-refractivity contribution in [3.63, 3.8) is 0 Å². The van der Waals surface area contributed by atoms with E-state index < -0.39 is 0 Å². The molecule has 0 aromatic carbocycles. The van der Waals surface area contributed by atoms with Crippen molar-refractivity contribution in [1.82, 2.24) is 0 Å². The van der Waals surface area contributed by atoms with Gasteiger partial charge in [-0.15, -0.1) is 0 Å². The molecule has 2 atom stereocenters. The van der Waals surface area contributed by atoms with Crippen LogP contribution in [0.5, 0.6) is 0 Å². The van der Waals surface area contributed by atoms with Crippen LogP contribution in [-0.4, -0.2) is 19.8 Å². The molecule has 0 saturated heterocycles. The summed E-state index contributed by atoms with van der Waals surface area (Å²) < 4.78 is 5.13. The molecule has 0 bridgehead atoms. The quantitative estimate of drug-likeness (QED) is 0.618. The maximum Gasteiger partial charge on any atom is 0.0718 e. The maximum absolute atomic E-state index is 5.43. The third-order valence-electron chi connectivity index (χ3n) is 1.81. The molecule has 2 nitrogen and oxygen atoms in total. The molecule has 2 heteroatoms. The van der Waals surface area contributed by atoms with Crippen LogP contribution in [0, 0.1) is 5.92 Å². The second-order valence-corrected chi connectivity index (χ2v) is 2.40. The second kappa shape index (κ2) is 4.77. The van der Waals surface area contributed by atoms with Gasteiger partial charge in [0, 0.05) is 13.7 Å². The summed E-state index contributed by atoms with van der Waals surface area (Å²) >= 11 is 0. The van der Waals surface area contributed by atoms with E-state index in [0.717, 1.165) is 6.42 Å². The van der Waals surface area contributed by atoms with Gasteiger partial charge in [-0.3, -0.25) is 0 Å². The minimum absolute atomic E-state index is 0.245. The Kier molecular flexibility index (Phi) is 4.72. The van der Waals surface area contributed by atoms with Crippen molar-refractivity contribution >= 4 is 0 Å². The Hall–Kier alpha value is -0.0800. The summed E-state index contributed by atoms with van der Waals surface area (Å²) in [6.45, 7) is 4.93. The Labute approximate surface area is 57.4 Å². The highest BCUT2D eigenvalue weighted by atomic mass is 16.5. The number of rotatable bonds is 4. The summed E-state index contributed by atoms with van der Waals surface area (Å²) in [6.07, 6.45) is 1.38. The molecule has 9 heavy (non-hydrogen) atoms. The molecule has 0 radical (unpaired) electrons. The van der Waals surface area contributed by atoms with Crippen molar-refractivity contribution in [1.29, 1.82) is 0 Å². The van der Waals surface area contributed by atoms with Gasteiger partial charge in [-0.2, -0.15) is 0 Å². The van der Waals surface area contributed by atoms with Gasteiger partial charge in [-0.05, 0) is 5.92 Å². The van der Waals surface area contributed by atoms with Crippen LogP contribution >= 0.6 is 0 Å². The minimum Gasteiger partial charge on any atom is -0.380 e. The Morgan fingerprint density at radius 2 is 2.11 bits per heavy atom. The van der Waals surface area contributed by atoms with Crippen molar-refractivity contribution in [3.05, 3.63) is 0 Å². The molecule has 0 fully saturated rings. The lowest BCUT2D eigenvalue weighted by atomic mass is 10.0. The minimum atomic E-state index is 0.245. The highest BCUT2D eigenvalue weighted by molar-refractivity contribution is 4.64. The first kappa shape index (κ1) is 8.92. The van der Waals surface area contributed by atoms with Crippen LogP contribution in [0.4, 0.5) is 0 Å². The van der Waals surface area contributed by atoms with Gasteiger partial charge in [0.15, 0.2) is 0 Å². The van der Waals surface area contributed by atoms with Crippen molar-refractivity contribution in [3.8, 4) is 0 Å². The van der Waals surface area contributed by atoms with Crippen LogP contribution in [0.25, 0.3) is 0 Å². The van der Waals surface area contributed by atoms with Gasteiger partial charge < -0.3 is 10.5 Å². The lowest BCUT2D eigenvalue weighted by Crippen LogP contribution is -2.28. The standard InChI is InChI=1S/C7H17NO/c1-4-6(2)7(5-8)9-3/h6-7H,4-5,8H2,1-3H3. The molecule has 56 valence electrons. The molecule has 2 N–H and O–H groups in total. The SMILES string of the molecule is CCC(C)C(CN)OC. The summed E-state index contributed by atoms with van der Waals surface area (Å²) in [5.74, 6) is 0.583. The van der Waals surface area contributed by atoms with Crippen molar-refractivity contribution in [2.75, 3.05) is 13.7 Å². The number of nitrogens with two attached hydrogens (primary N) is 1. The number of methoxy groups -OCH3 is 1. The van der Waals surface area contributed by atoms with Crippen molar-refractivity contribution < 1.29 is 4.74 Å². The molecule has 0 heterocycles. The lowest BCUT2D eigenvalue weighted by Gasteiger charge is -2.18. The molecule has 0 saturated carbocycles. The predicted molar refractivity (Wildman–Crippen MR) is 39.3 cm³/mol. The normalized spacial score (nSPS) is 17.3.